The van der Waals surface area contributed by atoms with Gasteiger partial charge >= 0.3 is 0 Å². The molecule has 96 valence electrons. The Labute approximate surface area is 101 Å². The number of rotatable bonds is 7. The van der Waals surface area contributed by atoms with E-state index in [1.807, 2.05) is 0 Å². The average Bonchev–Trinajstić information content (AvgIpc) is 2.19. The highest BCUT2D eigenvalue weighted by Crippen LogP contribution is 2.03. The monoisotopic (exact) mass is 251 g/mol. The first-order valence-electron chi connectivity index (χ1n) is 5.35. The summed E-state index contributed by atoms with van der Waals surface area (Å²) in [6, 6.07) is 0. The molecule has 16 heavy (non-hydrogen) atoms. The van der Waals surface area contributed by atoms with E-state index in [0.29, 0.717) is 6.54 Å². The molecule has 0 aliphatic carbocycles. The molecule has 0 aliphatic rings. The second kappa shape index (κ2) is 7.89. The molecular formula is C10H23N2O3S+. The minimum absolute atomic E-state index is 0.145. The number of quaternary nitrogens is 1. The van der Waals surface area contributed by atoms with E-state index in [-0.39, 0.29) is 17.6 Å². The summed E-state index contributed by atoms with van der Waals surface area (Å²) in [7, 11) is 6.32. The van der Waals surface area contributed by atoms with Crippen LogP contribution in [0.15, 0.2) is 0 Å². The first-order chi connectivity index (χ1) is 7.35. The second-order valence-corrected chi connectivity index (χ2v) is 5.72. The number of amides is 1. The summed E-state index contributed by atoms with van der Waals surface area (Å²) in [4.78, 5) is 11.2. The van der Waals surface area contributed by atoms with Gasteiger partial charge in [0.25, 0.3) is 5.24 Å². The van der Waals surface area contributed by atoms with Gasteiger partial charge in [-0.25, -0.2) is 0 Å². The van der Waals surface area contributed by atoms with E-state index in [4.69, 9.17) is 10.2 Å². The summed E-state index contributed by atoms with van der Waals surface area (Å²) >= 11 is 1.00. The van der Waals surface area contributed by atoms with E-state index in [2.05, 4.69) is 26.5 Å². The molecule has 0 saturated heterocycles. The fourth-order valence-corrected chi connectivity index (χ4v) is 1.67. The molecule has 0 aromatic heterocycles. The van der Waals surface area contributed by atoms with Gasteiger partial charge in [0.15, 0.2) is 0 Å². The second-order valence-electron chi connectivity index (χ2n) is 4.73. The number of carbonyl (C=O) groups is 1. The zero-order valence-corrected chi connectivity index (χ0v) is 11.1. The zero-order chi connectivity index (χ0) is 12.6. The molecule has 0 aliphatic heterocycles. The quantitative estimate of drug-likeness (QED) is 0.436. The lowest BCUT2D eigenvalue weighted by atomic mass is 10.4. The molecule has 1 amide bonds. The molecule has 0 heterocycles. The van der Waals surface area contributed by atoms with Crippen LogP contribution in [0.25, 0.3) is 0 Å². The van der Waals surface area contributed by atoms with Crippen LogP contribution in [0.4, 0.5) is 4.79 Å². The van der Waals surface area contributed by atoms with E-state index < -0.39 is 6.10 Å². The Morgan fingerprint density at radius 3 is 2.56 bits per heavy atom. The molecule has 0 radical (unpaired) electrons. The summed E-state index contributed by atoms with van der Waals surface area (Å²) in [5, 5.41) is 20.2. The van der Waals surface area contributed by atoms with Crippen molar-refractivity contribution in [1.29, 1.82) is 0 Å². The highest BCUT2D eigenvalue weighted by atomic mass is 32.2. The van der Waals surface area contributed by atoms with Crippen LogP contribution in [0.3, 0.4) is 0 Å². The van der Waals surface area contributed by atoms with Gasteiger partial charge in [0.2, 0.25) is 0 Å². The maximum absolute atomic E-state index is 11.2. The smallest absolute Gasteiger partial charge is 0.279 e. The molecule has 3 N–H and O–H groups in total. The summed E-state index contributed by atoms with van der Waals surface area (Å²) in [6.07, 6.45) is 0.111. The van der Waals surface area contributed by atoms with Crippen molar-refractivity contribution in [3.8, 4) is 0 Å². The van der Waals surface area contributed by atoms with Crippen LogP contribution >= 0.6 is 11.8 Å². The SMILES string of the molecule is C[N+](C)(C)CCCNC(=O)SCC(O)CO. The van der Waals surface area contributed by atoms with E-state index in [1.165, 1.54) is 0 Å². The molecule has 1 unspecified atom stereocenters. The van der Waals surface area contributed by atoms with E-state index in [9.17, 15) is 4.79 Å². The highest BCUT2D eigenvalue weighted by Gasteiger charge is 2.09. The molecule has 1 atom stereocenters. The van der Waals surface area contributed by atoms with Gasteiger partial charge in [-0.2, -0.15) is 0 Å². The van der Waals surface area contributed by atoms with Crippen LogP contribution in [0, 0.1) is 0 Å². The third-order valence-corrected chi connectivity index (χ3v) is 2.85. The number of hydrogen-bond acceptors (Lipinski definition) is 4. The third-order valence-electron chi connectivity index (χ3n) is 1.89. The van der Waals surface area contributed by atoms with Crippen LogP contribution in [-0.2, 0) is 0 Å². The normalized spacial score (nSPS) is 13.6. The average molecular weight is 251 g/mol. The van der Waals surface area contributed by atoms with Gasteiger partial charge < -0.3 is 20.0 Å². The third kappa shape index (κ3) is 10.2. The van der Waals surface area contributed by atoms with Crippen LogP contribution < -0.4 is 5.32 Å². The lowest BCUT2D eigenvalue weighted by Gasteiger charge is -2.23. The van der Waals surface area contributed by atoms with Crippen molar-refractivity contribution in [3.05, 3.63) is 0 Å². The topological polar surface area (TPSA) is 69.6 Å². The van der Waals surface area contributed by atoms with E-state index >= 15 is 0 Å². The molecule has 6 heteroatoms. The van der Waals surface area contributed by atoms with Crippen LogP contribution in [0.2, 0.25) is 0 Å². The maximum atomic E-state index is 11.2. The molecule has 0 saturated carbocycles. The van der Waals surface area contributed by atoms with Crippen molar-refractivity contribution in [1.82, 2.24) is 5.32 Å². The number of carbonyl (C=O) groups excluding carboxylic acids is 1. The first kappa shape index (κ1) is 15.7. The summed E-state index contributed by atoms with van der Waals surface area (Å²) in [6.45, 7) is 1.35. The predicted molar refractivity (Wildman–Crippen MR) is 66.5 cm³/mol. The molecule has 0 bridgehead atoms. The Morgan fingerprint density at radius 2 is 2.06 bits per heavy atom. The Kier molecular flexibility index (Phi) is 7.74. The van der Waals surface area contributed by atoms with Crippen molar-refractivity contribution in [3.63, 3.8) is 0 Å². The van der Waals surface area contributed by atoms with Crippen molar-refractivity contribution in [2.45, 2.75) is 12.5 Å². The first-order valence-corrected chi connectivity index (χ1v) is 6.33. The van der Waals surface area contributed by atoms with Crippen molar-refractivity contribution < 1.29 is 19.5 Å². The van der Waals surface area contributed by atoms with Gasteiger partial charge in [0, 0.05) is 18.7 Å². The largest absolute Gasteiger partial charge is 0.394 e. The minimum atomic E-state index is -0.818. The van der Waals surface area contributed by atoms with Gasteiger partial charge in [0.1, 0.15) is 0 Å². The number of thioether (sulfide) groups is 1. The lowest BCUT2D eigenvalue weighted by Crippen LogP contribution is -2.37. The molecule has 0 rings (SSSR count). The highest BCUT2D eigenvalue weighted by molar-refractivity contribution is 8.13. The van der Waals surface area contributed by atoms with Crippen molar-refractivity contribution in [2.24, 2.45) is 0 Å². The predicted octanol–water partition coefficient (Wildman–Crippen LogP) is -0.121. The van der Waals surface area contributed by atoms with Gasteiger partial charge in [-0.1, -0.05) is 11.8 Å². The molecule has 5 nitrogen and oxygen atoms in total. The van der Waals surface area contributed by atoms with Crippen LogP contribution in [0.5, 0.6) is 0 Å². The number of aliphatic hydroxyl groups is 2. The van der Waals surface area contributed by atoms with E-state index in [0.717, 1.165) is 29.2 Å². The van der Waals surface area contributed by atoms with Crippen LogP contribution in [-0.4, -0.2) is 72.6 Å². The lowest BCUT2D eigenvalue weighted by molar-refractivity contribution is -0.870. The van der Waals surface area contributed by atoms with Crippen LogP contribution in [0.1, 0.15) is 6.42 Å². The van der Waals surface area contributed by atoms with Gasteiger partial charge in [-0.15, -0.1) is 0 Å². The fourth-order valence-electron chi connectivity index (χ4n) is 1.02. The molecule has 0 aromatic carbocycles. The summed E-state index contributed by atoms with van der Waals surface area (Å²) < 4.78 is 0.881. The van der Waals surface area contributed by atoms with E-state index in [1.54, 1.807) is 0 Å². The Hall–Kier alpha value is -0.300. The standard InChI is InChI=1S/C10H22N2O3S/c1-12(2,3)6-4-5-11-10(15)16-8-9(14)7-13/h9,13-14H,4-8H2,1-3H3/p+1. The molecule has 0 aromatic rings. The van der Waals surface area contributed by atoms with Crippen molar-refractivity contribution in [2.75, 3.05) is 46.6 Å². The van der Waals surface area contributed by atoms with Gasteiger partial charge in [0.05, 0.1) is 40.4 Å². The number of nitrogens with zero attached hydrogens (tertiary/aromatic N) is 1. The Bertz CT molecular complexity index is 207. The number of aliphatic hydroxyl groups excluding tert-OH is 2. The number of nitrogens with one attached hydrogen (secondary N) is 1. The Balaban J connectivity index is 3.44. The minimum Gasteiger partial charge on any atom is -0.394 e. The van der Waals surface area contributed by atoms with Gasteiger partial charge in [-0.05, 0) is 0 Å². The summed E-state index contributed by atoms with van der Waals surface area (Å²) in [5.41, 5.74) is 0. The molecule has 0 spiro atoms. The molecular weight excluding hydrogens is 228 g/mol. The summed E-state index contributed by atoms with van der Waals surface area (Å²) in [5.74, 6) is 0.234. The number of hydrogen-bond donors (Lipinski definition) is 3. The fraction of sp³-hybridized carbons (Fsp3) is 0.900. The Morgan fingerprint density at radius 1 is 1.44 bits per heavy atom. The van der Waals surface area contributed by atoms with Gasteiger partial charge in [-0.3, -0.25) is 4.79 Å². The molecule has 0 fully saturated rings. The van der Waals surface area contributed by atoms with Crippen molar-refractivity contribution >= 4 is 17.0 Å². The maximum Gasteiger partial charge on any atom is 0.279 e. The zero-order valence-electron chi connectivity index (χ0n) is 10.3.